The standard InChI is InChI=1S/C16H8F17NO3/c17-9(12(21,22)23,8(35)34-6-7-4-2-1-3-5-7)36-16(32,33)11(20,14(27,28)29)37-15(30,31)10(18,19)13(24,25)26/h1-5H,6H2,(H,34,35). The average Bonchev–Trinajstić information content (AvgIpc) is 2.69. The Morgan fingerprint density at radius 3 is 1.46 bits per heavy atom. The highest BCUT2D eigenvalue weighted by atomic mass is 19.4. The van der Waals surface area contributed by atoms with E-state index in [0.29, 0.717) is 0 Å². The van der Waals surface area contributed by atoms with Crippen molar-refractivity contribution < 1.29 is 88.9 Å². The summed E-state index contributed by atoms with van der Waals surface area (Å²) < 4.78 is 225. The van der Waals surface area contributed by atoms with Crippen LogP contribution in [0.15, 0.2) is 30.3 Å². The number of benzene rings is 1. The van der Waals surface area contributed by atoms with Crippen LogP contribution in [0.5, 0.6) is 0 Å². The Bertz CT molecular complexity index is 943. The predicted octanol–water partition coefficient (Wildman–Crippen LogP) is 6.18. The first kappa shape index (κ1) is 32.4. The van der Waals surface area contributed by atoms with Crippen LogP contribution >= 0.6 is 0 Å². The molecular formula is C16H8F17NO3. The van der Waals surface area contributed by atoms with Crippen LogP contribution in [0.25, 0.3) is 0 Å². The van der Waals surface area contributed by atoms with Gasteiger partial charge >= 0.3 is 48.4 Å². The SMILES string of the molecule is O=C(NCc1ccccc1)C(F)(OC(F)(F)C(F)(OC(F)(F)C(F)(F)C(F)(F)F)C(F)(F)F)C(F)(F)F. The van der Waals surface area contributed by atoms with E-state index in [4.69, 9.17) is 0 Å². The molecule has 0 fully saturated rings. The van der Waals surface area contributed by atoms with Crippen LogP contribution in [0.1, 0.15) is 5.56 Å². The van der Waals surface area contributed by atoms with Gasteiger partial charge in [0.25, 0.3) is 5.91 Å². The van der Waals surface area contributed by atoms with Crippen molar-refractivity contribution in [1.29, 1.82) is 0 Å². The highest BCUT2D eigenvalue weighted by Crippen LogP contribution is 2.56. The van der Waals surface area contributed by atoms with Gasteiger partial charge in [0.05, 0.1) is 0 Å². The van der Waals surface area contributed by atoms with Crippen molar-refractivity contribution in [2.75, 3.05) is 0 Å². The monoisotopic (exact) mass is 585 g/mol. The van der Waals surface area contributed by atoms with E-state index in [9.17, 15) is 79.4 Å². The summed E-state index contributed by atoms with van der Waals surface area (Å²) >= 11 is 0. The third-order valence-corrected chi connectivity index (χ3v) is 3.95. The summed E-state index contributed by atoms with van der Waals surface area (Å²) in [6, 6.07) is 5.63. The van der Waals surface area contributed by atoms with Crippen LogP contribution in [0.2, 0.25) is 0 Å². The first-order valence-corrected chi connectivity index (χ1v) is 8.60. The van der Waals surface area contributed by atoms with Gasteiger partial charge in [-0.2, -0.15) is 74.6 Å². The number of carbonyl (C=O) groups is 1. The second-order valence-electron chi connectivity index (χ2n) is 6.66. The van der Waals surface area contributed by atoms with Crippen molar-refractivity contribution in [3.8, 4) is 0 Å². The van der Waals surface area contributed by atoms with Crippen LogP contribution < -0.4 is 5.32 Å². The molecule has 1 N–H and O–H groups in total. The lowest BCUT2D eigenvalue weighted by atomic mass is 10.2. The van der Waals surface area contributed by atoms with Crippen molar-refractivity contribution in [3.05, 3.63) is 35.9 Å². The van der Waals surface area contributed by atoms with Crippen LogP contribution in [-0.2, 0) is 20.8 Å². The molecule has 1 amide bonds. The Morgan fingerprint density at radius 2 is 1.08 bits per heavy atom. The van der Waals surface area contributed by atoms with Gasteiger partial charge in [0.2, 0.25) is 0 Å². The number of ether oxygens (including phenoxy) is 2. The molecule has 0 saturated heterocycles. The van der Waals surface area contributed by atoms with E-state index in [-0.39, 0.29) is 5.56 Å². The maximum Gasteiger partial charge on any atom is 0.462 e. The lowest BCUT2D eigenvalue weighted by Gasteiger charge is -2.40. The Labute approximate surface area is 192 Å². The zero-order valence-corrected chi connectivity index (χ0v) is 16.7. The first-order chi connectivity index (χ1) is 16.2. The zero-order valence-electron chi connectivity index (χ0n) is 16.7. The number of carbonyl (C=O) groups excluding carboxylic acids is 1. The lowest BCUT2D eigenvalue weighted by Crippen LogP contribution is -2.68. The summed E-state index contributed by atoms with van der Waals surface area (Å²) in [6.45, 7) is -1.19. The Balaban J connectivity index is 3.52. The molecule has 2 atom stereocenters. The van der Waals surface area contributed by atoms with Gasteiger partial charge in [0.1, 0.15) is 0 Å². The highest BCUT2D eigenvalue weighted by Gasteiger charge is 2.85. The van der Waals surface area contributed by atoms with E-state index < -0.39 is 60.8 Å². The predicted molar refractivity (Wildman–Crippen MR) is 81.1 cm³/mol. The minimum Gasteiger partial charge on any atom is -0.347 e. The summed E-state index contributed by atoms with van der Waals surface area (Å²) in [5.74, 6) is -26.1. The van der Waals surface area contributed by atoms with Crippen LogP contribution in [-0.4, -0.2) is 54.3 Å². The fraction of sp³-hybridized carbons (Fsp3) is 0.562. The molecule has 4 nitrogen and oxygen atoms in total. The fourth-order valence-corrected chi connectivity index (χ4v) is 2.06. The molecule has 37 heavy (non-hydrogen) atoms. The Hall–Kier alpha value is -2.58. The molecule has 0 aliphatic rings. The van der Waals surface area contributed by atoms with E-state index >= 15 is 0 Å². The highest BCUT2D eigenvalue weighted by molar-refractivity contribution is 5.84. The Morgan fingerprint density at radius 1 is 0.622 bits per heavy atom. The van der Waals surface area contributed by atoms with Crippen LogP contribution in [0.4, 0.5) is 74.6 Å². The van der Waals surface area contributed by atoms with Gasteiger partial charge in [-0.1, -0.05) is 30.3 Å². The summed E-state index contributed by atoms with van der Waals surface area (Å²) in [6.07, 6.45) is -38.5. The number of rotatable bonds is 9. The molecule has 0 aliphatic heterocycles. The van der Waals surface area contributed by atoms with Gasteiger partial charge in [-0.3, -0.25) is 14.3 Å². The second kappa shape index (κ2) is 9.62. The maximum absolute atomic E-state index is 14.3. The summed E-state index contributed by atoms with van der Waals surface area (Å²) in [5, 5.41) is 0.898. The minimum absolute atomic E-state index is 0.209. The van der Waals surface area contributed by atoms with Gasteiger partial charge in [0, 0.05) is 6.54 Å². The van der Waals surface area contributed by atoms with E-state index in [1.807, 2.05) is 4.74 Å². The molecule has 0 heterocycles. The first-order valence-electron chi connectivity index (χ1n) is 8.60. The largest absolute Gasteiger partial charge is 0.462 e. The van der Waals surface area contributed by atoms with Crippen molar-refractivity contribution in [2.24, 2.45) is 0 Å². The van der Waals surface area contributed by atoms with E-state index in [1.165, 1.54) is 10.8 Å². The van der Waals surface area contributed by atoms with Gasteiger partial charge in [0.15, 0.2) is 0 Å². The molecular weight excluding hydrogens is 577 g/mol. The molecule has 0 saturated carbocycles. The average molecular weight is 585 g/mol. The van der Waals surface area contributed by atoms with Gasteiger partial charge in [-0.25, -0.2) is 0 Å². The van der Waals surface area contributed by atoms with E-state index in [0.717, 1.165) is 29.6 Å². The van der Waals surface area contributed by atoms with Crippen molar-refractivity contribution in [3.63, 3.8) is 0 Å². The summed E-state index contributed by atoms with van der Waals surface area (Å²) in [4.78, 5) is 11.6. The molecule has 214 valence electrons. The van der Waals surface area contributed by atoms with Gasteiger partial charge in [-0.05, 0) is 5.56 Å². The summed E-state index contributed by atoms with van der Waals surface area (Å²) in [7, 11) is 0. The lowest BCUT2D eigenvalue weighted by molar-refractivity contribution is -0.548. The minimum atomic E-state index is -8.04. The molecule has 21 heteroatoms. The molecule has 1 aromatic carbocycles. The number of alkyl halides is 17. The van der Waals surface area contributed by atoms with Crippen LogP contribution in [0.3, 0.4) is 0 Å². The topological polar surface area (TPSA) is 47.6 Å². The number of amides is 1. The van der Waals surface area contributed by atoms with Crippen molar-refractivity contribution in [1.82, 2.24) is 5.32 Å². The fourth-order valence-electron chi connectivity index (χ4n) is 2.06. The maximum atomic E-state index is 14.3. The normalized spacial score (nSPS) is 17.6. The van der Waals surface area contributed by atoms with Crippen LogP contribution in [0, 0.1) is 0 Å². The molecule has 0 aromatic heterocycles. The molecule has 0 radical (unpaired) electrons. The molecule has 0 spiro atoms. The van der Waals surface area contributed by atoms with E-state index in [1.54, 1.807) is 0 Å². The van der Waals surface area contributed by atoms with Gasteiger partial charge in [-0.15, -0.1) is 0 Å². The van der Waals surface area contributed by atoms with E-state index in [2.05, 4.69) is 0 Å². The molecule has 1 rings (SSSR count). The van der Waals surface area contributed by atoms with Crippen molar-refractivity contribution in [2.45, 2.75) is 54.9 Å². The number of hydrogen-bond donors (Lipinski definition) is 1. The molecule has 0 bridgehead atoms. The third kappa shape index (κ3) is 6.12. The number of hydrogen-bond acceptors (Lipinski definition) is 3. The number of nitrogens with one attached hydrogen (secondary N) is 1. The number of halogens is 17. The molecule has 2 unspecified atom stereocenters. The molecule has 0 aliphatic carbocycles. The van der Waals surface area contributed by atoms with Crippen molar-refractivity contribution >= 4 is 5.91 Å². The smallest absolute Gasteiger partial charge is 0.347 e. The second-order valence-corrected chi connectivity index (χ2v) is 6.66. The summed E-state index contributed by atoms with van der Waals surface area (Å²) in [5.41, 5.74) is -0.209. The third-order valence-electron chi connectivity index (χ3n) is 3.95. The molecule has 1 aromatic rings. The zero-order chi connectivity index (χ0) is 29.5. The van der Waals surface area contributed by atoms with Gasteiger partial charge < -0.3 is 5.32 Å². The quantitative estimate of drug-likeness (QED) is 0.353. The Kier molecular flexibility index (Phi) is 8.44.